The van der Waals surface area contributed by atoms with E-state index in [2.05, 4.69) is 5.32 Å². The minimum Gasteiger partial charge on any atom is -0.389 e. The molecular formula is C14H19FN2O3. The third-order valence-corrected chi connectivity index (χ3v) is 3.35. The first-order chi connectivity index (χ1) is 9.54. The monoisotopic (exact) mass is 282 g/mol. The van der Waals surface area contributed by atoms with Crippen molar-refractivity contribution in [1.29, 1.82) is 0 Å². The molecule has 0 saturated carbocycles. The largest absolute Gasteiger partial charge is 0.389 e. The van der Waals surface area contributed by atoms with Gasteiger partial charge >= 0.3 is 0 Å². The Kier molecular flexibility index (Phi) is 5.05. The summed E-state index contributed by atoms with van der Waals surface area (Å²) in [6.07, 6.45) is -0.916. The zero-order valence-electron chi connectivity index (χ0n) is 11.1. The topological polar surface area (TPSA) is 72.8 Å². The molecule has 110 valence electrons. The molecule has 20 heavy (non-hydrogen) atoms. The van der Waals surface area contributed by atoms with Crippen molar-refractivity contribution in [3.8, 4) is 0 Å². The van der Waals surface area contributed by atoms with Crippen molar-refractivity contribution < 1.29 is 19.4 Å². The molecule has 2 atom stereocenters. The van der Waals surface area contributed by atoms with Crippen molar-refractivity contribution in [2.75, 3.05) is 26.2 Å². The minimum atomic E-state index is -0.776. The molecule has 1 aromatic carbocycles. The zero-order valence-corrected chi connectivity index (χ0v) is 11.1. The van der Waals surface area contributed by atoms with Crippen molar-refractivity contribution in [1.82, 2.24) is 10.2 Å². The van der Waals surface area contributed by atoms with Gasteiger partial charge in [0.05, 0.1) is 18.8 Å². The molecule has 1 saturated heterocycles. The molecule has 1 amide bonds. The quantitative estimate of drug-likeness (QED) is 0.682. The lowest BCUT2D eigenvalue weighted by Gasteiger charge is -2.14. The number of carbonyl (C=O) groups is 1. The van der Waals surface area contributed by atoms with Gasteiger partial charge in [0.15, 0.2) is 0 Å². The lowest BCUT2D eigenvalue weighted by Crippen LogP contribution is -2.37. The van der Waals surface area contributed by atoms with E-state index in [1.807, 2.05) is 0 Å². The van der Waals surface area contributed by atoms with Crippen LogP contribution in [0.25, 0.3) is 0 Å². The van der Waals surface area contributed by atoms with Crippen molar-refractivity contribution >= 4 is 5.91 Å². The zero-order chi connectivity index (χ0) is 14.5. The van der Waals surface area contributed by atoms with Crippen LogP contribution in [-0.2, 0) is 11.2 Å². The molecule has 0 aliphatic carbocycles. The fourth-order valence-corrected chi connectivity index (χ4v) is 2.23. The van der Waals surface area contributed by atoms with E-state index in [1.54, 1.807) is 17.0 Å². The number of carbonyl (C=O) groups excluding carboxylic acids is 1. The number of nitrogens with zero attached hydrogens (tertiary/aromatic N) is 1. The normalized spacial score (nSPS) is 22.9. The number of hydrogen-bond acceptors (Lipinski definition) is 4. The molecule has 0 spiro atoms. The maximum atomic E-state index is 12.7. The first kappa shape index (κ1) is 14.9. The van der Waals surface area contributed by atoms with E-state index in [-0.39, 0.29) is 18.3 Å². The average molecular weight is 282 g/mol. The summed E-state index contributed by atoms with van der Waals surface area (Å²) in [6.45, 7) is 1.26. The van der Waals surface area contributed by atoms with Crippen LogP contribution in [0.15, 0.2) is 24.3 Å². The van der Waals surface area contributed by atoms with Crippen LogP contribution in [0.4, 0.5) is 4.39 Å². The predicted octanol–water partition coefficient (Wildman–Crippen LogP) is -0.478. The molecule has 1 fully saturated rings. The SMILES string of the molecule is O=C(CN1C[C@@H](O)[C@@H](O)C1)NCCc1ccc(F)cc1. The van der Waals surface area contributed by atoms with Gasteiger partial charge in [-0.2, -0.15) is 0 Å². The number of halogens is 1. The molecular weight excluding hydrogens is 263 g/mol. The number of rotatable bonds is 5. The molecule has 0 radical (unpaired) electrons. The highest BCUT2D eigenvalue weighted by Crippen LogP contribution is 2.08. The predicted molar refractivity (Wildman–Crippen MR) is 71.6 cm³/mol. The minimum absolute atomic E-state index is 0.145. The Morgan fingerprint density at radius 1 is 1.25 bits per heavy atom. The van der Waals surface area contributed by atoms with Gasteiger partial charge in [-0.25, -0.2) is 4.39 Å². The van der Waals surface area contributed by atoms with Crippen LogP contribution in [0.3, 0.4) is 0 Å². The molecule has 1 aromatic rings. The Hall–Kier alpha value is -1.50. The molecule has 0 aromatic heterocycles. The molecule has 3 N–H and O–H groups in total. The Morgan fingerprint density at radius 2 is 1.85 bits per heavy atom. The second-order valence-electron chi connectivity index (χ2n) is 5.06. The van der Waals surface area contributed by atoms with Crippen LogP contribution in [0.1, 0.15) is 5.56 Å². The van der Waals surface area contributed by atoms with E-state index < -0.39 is 12.2 Å². The summed E-state index contributed by atoms with van der Waals surface area (Å²) in [7, 11) is 0. The summed E-state index contributed by atoms with van der Waals surface area (Å²) >= 11 is 0. The first-order valence-corrected chi connectivity index (χ1v) is 6.64. The summed E-state index contributed by atoms with van der Waals surface area (Å²) in [5.41, 5.74) is 0.957. The molecule has 1 aliphatic heterocycles. The van der Waals surface area contributed by atoms with E-state index in [9.17, 15) is 19.4 Å². The van der Waals surface area contributed by atoms with Crippen LogP contribution >= 0.6 is 0 Å². The third kappa shape index (κ3) is 4.26. The third-order valence-electron chi connectivity index (χ3n) is 3.35. The second kappa shape index (κ2) is 6.78. The second-order valence-corrected chi connectivity index (χ2v) is 5.06. The molecule has 1 aliphatic rings. The van der Waals surface area contributed by atoms with Gasteiger partial charge in [-0.1, -0.05) is 12.1 Å². The lowest BCUT2D eigenvalue weighted by molar-refractivity contribution is -0.122. The number of β-amino-alcohol motifs (C(OH)–C–C–N with tert-alkyl or cyclic N) is 2. The van der Waals surface area contributed by atoms with E-state index in [4.69, 9.17) is 0 Å². The molecule has 5 nitrogen and oxygen atoms in total. The molecule has 1 heterocycles. The van der Waals surface area contributed by atoms with Gasteiger partial charge in [0.25, 0.3) is 0 Å². The van der Waals surface area contributed by atoms with E-state index in [1.165, 1.54) is 12.1 Å². The highest BCUT2D eigenvalue weighted by atomic mass is 19.1. The summed E-state index contributed by atoms with van der Waals surface area (Å²) in [5, 5.41) is 21.5. The lowest BCUT2D eigenvalue weighted by atomic mass is 10.1. The van der Waals surface area contributed by atoms with Crippen molar-refractivity contribution in [2.45, 2.75) is 18.6 Å². The summed E-state index contributed by atoms with van der Waals surface area (Å²) in [5.74, 6) is -0.419. The number of benzene rings is 1. The Balaban J connectivity index is 1.67. The van der Waals surface area contributed by atoms with Crippen LogP contribution < -0.4 is 5.32 Å². The fourth-order valence-electron chi connectivity index (χ4n) is 2.23. The van der Waals surface area contributed by atoms with Crippen LogP contribution in [0, 0.1) is 5.82 Å². The number of nitrogens with one attached hydrogen (secondary N) is 1. The van der Waals surface area contributed by atoms with Crippen molar-refractivity contribution in [3.05, 3.63) is 35.6 Å². The standard InChI is InChI=1S/C14H19FN2O3/c15-11-3-1-10(2-4-11)5-6-16-14(20)9-17-7-12(18)13(19)8-17/h1-4,12-13,18-19H,5-9H2,(H,16,20)/t12-,13+. The van der Waals surface area contributed by atoms with Crippen molar-refractivity contribution in [2.24, 2.45) is 0 Å². The number of likely N-dealkylation sites (tertiary alicyclic amines) is 1. The number of aliphatic hydroxyl groups is 2. The van der Waals surface area contributed by atoms with Crippen LogP contribution in [0.2, 0.25) is 0 Å². The maximum absolute atomic E-state index is 12.7. The molecule has 6 heteroatoms. The van der Waals surface area contributed by atoms with Gasteiger partial charge in [-0.15, -0.1) is 0 Å². The summed E-state index contributed by atoms with van der Waals surface area (Å²) in [6, 6.07) is 6.16. The average Bonchev–Trinajstić information content (AvgIpc) is 2.70. The molecule has 0 bridgehead atoms. The van der Waals surface area contributed by atoms with Gasteiger partial charge in [-0.3, -0.25) is 9.69 Å². The summed E-state index contributed by atoms with van der Waals surface area (Å²) in [4.78, 5) is 13.4. The van der Waals surface area contributed by atoms with Crippen LogP contribution in [-0.4, -0.2) is 59.4 Å². The van der Waals surface area contributed by atoms with Gasteiger partial charge in [0.1, 0.15) is 5.82 Å². The van der Waals surface area contributed by atoms with Gasteiger partial charge in [-0.05, 0) is 24.1 Å². The fraction of sp³-hybridized carbons (Fsp3) is 0.500. The number of amides is 1. The van der Waals surface area contributed by atoms with Gasteiger partial charge in [0, 0.05) is 19.6 Å². The number of aliphatic hydroxyl groups excluding tert-OH is 2. The Morgan fingerprint density at radius 3 is 2.45 bits per heavy atom. The number of hydrogen-bond donors (Lipinski definition) is 3. The van der Waals surface area contributed by atoms with Gasteiger partial charge in [0.2, 0.25) is 5.91 Å². The Labute approximate surface area is 117 Å². The summed E-state index contributed by atoms with van der Waals surface area (Å²) < 4.78 is 12.7. The molecule has 0 unspecified atom stereocenters. The first-order valence-electron chi connectivity index (χ1n) is 6.64. The smallest absolute Gasteiger partial charge is 0.234 e. The van der Waals surface area contributed by atoms with E-state index in [0.29, 0.717) is 26.1 Å². The van der Waals surface area contributed by atoms with Gasteiger partial charge < -0.3 is 15.5 Å². The van der Waals surface area contributed by atoms with Crippen LogP contribution in [0.5, 0.6) is 0 Å². The van der Waals surface area contributed by atoms with Crippen molar-refractivity contribution in [3.63, 3.8) is 0 Å². The maximum Gasteiger partial charge on any atom is 0.234 e. The van der Waals surface area contributed by atoms with E-state index in [0.717, 1.165) is 5.56 Å². The molecule has 2 rings (SSSR count). The Bertz CT molecular complexity index is 442. The highest BCUT2D eigenvalue weighted by molar-refractivity contribution is 5.78. The highest BCUT2D eigenvalue weighted by Gasteiger charge is 2.30. The van der Waals surface area contributed by atoms with E-state index >= 15 is 0 Å².